The minimum Gasteiger partial charge on any atom is -0.380 e. The van der Waals surface area contributed by atoms with Crippen molar-refractivity contribution in [2.75, 3.05) is 32.8 Å². The summed E-state index contributed by atoms with van der Waals surface area (Å²) in [4.78, 5) is 2.55. The van der Waals surface area contributed by atoms with Crippen LogP contribution < -0.4 is 5.73 Å². The van der Waals surface area contributed by atoms with Crippen LogP contribution in [0.3, 0.4) is 0 Å². The van der Waals surface area contributed by atoms with E-state index in [0.717, 1.165) is 32.8 Å². The van der Waals surface area contributed by atoms with Gasteiger partial charge in [0.2, 0.25) is 0 Å². The fourth-order valence-corrected chi connectivity index (χ4v) is 2.94. The van der Waals surface area contributed by atoms with Gasteiger partial charge in [-0.15, -0.1) is 0 Å². The Labute approximate surface area is 107 Å². The molecule has 1 rings (SSSR count). The summed E-state index contributed by atoms with van der Waals surface area (Å²) in [5.74, 6) is 0. The summed E-state index contributed by atoms with van der Waals surface area (Å²) in [6.45, 7) is 9.13. The largest absolute Gasteiger partial charge is 0.380 e. The lowest BCUT2D eigenvalue weighted by Crippen LogP contribution is -2.53. The van der Waals surface area contributed by atoms with Gasteiger partial charge >= 0.3 is 0 Å². The van der Waals surface area contributed by atoms with Crippen molar-refractivity contribution >= 4 is 0 Å². The van der Waals surface area contributed by atoms with Crippen LogP contribution in [0, 0.1) is 0 Å². The molecule has 0 aliphatic heterocycles. The lowest BCUT2D eigenvalue weighted by molar-refractivity contribution is 0.0500. The minimum absolute atomic E-state index is 0.281. The van der Waals surface area contributed by atoms with Crippen molar-refractivity contribution in [2.45, 2.75) is 57.9 Å². The SMILES string of the molecule is CCCCOCCN(CC)C1(CN)CCCC1. The highest BCUT2D eigenvalue weighted by atomic mass is 16.5. The van der Waals surface area contributed by atoms with E-state index in [4.69, 9.17) is 10.5 Å². The third-order valence-electron chi connectivity index (χ3n) is 4.11. The van der Waals surface area contributed by atoms with Gasteiger partial charge in [-0.2, -0.15) is 0 Å². The van der Waals surface area contributed by atoms with Gasteiger partial charge in [0.05, 0.1) is 6.61 Å². The number of nitrogens with two attached hydrogens (primary N) is 1. The van der Waals surface area contributed by atoms with Crippen LogP contribution in [0.1, 0.15) is 52.4 Å². The summed E-state index contributed by atoms with van der Waals surface area (Å²) in [5.41, 5.74) is 6.30. The molecule has 1 aliphatic carbocycles. The molecule has 0 heterocycles. The smallest absolute Gasteiger partial charge is 0.0593 e. The summed E-state index contributed by atoms with van der Waals surface area (Å²) in [7, 11) is 0. The molecule has 0 radical (unpaired) electrons. The molecule has 0 aromatic carbocycles. The second-order valence-electron chi connectivity index (χ2n) is 5.18. The Morgan fingerprint density at radius 2 is 1.88 bits per heavy atom. The van der Waals surface area contributed by atoms with E-state index in [1.165, 1.54) is 38.5 Å². The molecule has 0 amide bonds. The number of ether oxygens (including phenoxy) is 1. The van der Waals surface area contributed by atoms with E-state index < -0.39 is 0 Å². The molecular formula is C14H30N2O. The monoisotopic (exact) mass is 242 g/mol. The maximum Gasteiger partial charge on any atom is 0.0593 e. The Kier molecular flexibility index (Phi) is 7.09. The van der Waals surface area contributed by atoms with Gasteiger partial charge in [-0.25, -0.2) is 0 Å². The van der Waals surface area contributed by atoms with Crippen LogP contribution in [-0.2, 0) is 4.74 Å². The van der Waals surface area contributed by atoms with Gasteiger partial charge in [0, 0.05) is 25.2 Å². The summed E-state index contributed by atoms with van der Waals surface area (Å²) >= 11 is 0. The van der Waals surface area contributed by atoms with E-state index in [-0.39, 0.29) is 5.54 Å². The van der Waals surface area contributed by atoms with Crippen LogP contribution in [0.2, 0.25) is 0 Å². The molecule has 0 spiro atoms. The standard InChI is InChI=1S/C14H30N2O/c1-3-5-11-17-12-10-16(4-2)14(13-15)8-6-7-9-14/h3-13,15H2,1-2H3. The fourth-order valence-electron chi connectivity index (χ4n) is 2.94. The predicted octanol–water partition coefficient (Wildman–Crippen LogP) is 2.40. The molecular weight excluding hydrogens is 212 g/mol. The molecule has 1 fully saturated rings. The highest BCUT2D eigenvalue weighted by Crippen LogP contribution is 2.34. The first-order chi connectivity index (χ1) is 8.29. The van der Waals surface area contributed by atoms with Crippen molar-refractivity contribution in [3.05, 3.63) is 0 Å². The van der Waals surface area contributed by atoms with Crippen molar-refractivity contribution in [1.29, 1.82) is 0 Å². The minimum atomic E-state index is 0.281. The zero-order chi connectivity index (χ0) is 12.6. The molecule has 0 atom stereocenters. The van der Waals surface area contributed by atoms with Crippen molar-refractivity contribution in [3.8, 4) is 0 Å². The third-order valence-corrected chi connectivity index (χ3v) is 4.11. The van der Waals surface area contributed by atoms with E-state index >= 15 is 0 Å². The van der Waals surface area contributed by atoms with E-state index in [9.17, 15) is 0 Å². The molecule has 0 aromatic rings. The Morgan fingerprint density at radius 1 is 1.18 bits per heavy atom. The number of nitrogens with zero attached hydrogens (tertiary/aromatic N) is 1. The fraction of sp³-hybridized carbons (Fsp3) is 1.00. The maximum absolute atomic E-state index is 6.01. The van der Waals surface area contributed by atoms with E-state index in [0.29, 0.717) is 0 Å². The van der Waals surface area contributed by atoms with Gasteiger partial charge in [-0.05, 0) is 25.8 Å². The Balaban J connectivity index is 2.31. The van der Waals surface area contributed by atoms with Crippen LogP contribution in [0.25, 0.3) is 0 Å². The quantitative estimate of drug-likeness (QED) is 0.631. The average molecular weight is 242 g/mol. The number of likely N-dealkylation sites (N-methyl/N-ethyl adjacent to an activating group) is 1. The maximum atomic E-state index is 6.01. The van der Waals surface area contributed by atoms with Crippen LogP contribution in [0.4, 0.5) is 0 Å². The van der Waals surface area contributed by atoms with Crippen LogP contribution in [0.15, 0.2) is 0 Å². The molecule has 17 heavy (non-hydrogen) atoms. The lowest BCUT2D eigenvalue weighted by Gasteiger charge is -2.40. The summed E-state index contributed by atoms with van der Waals surface area (Å²) in [6.07, 6.45) is 7.60. The molecule has 0 saturated heterocycles. The van der Waals surface area contributed by atoms with Crippen molar-refractivity contribution in [3.63, 3.8) is 0 Å². The molecule has 3 heteroatoms. The molecule has 102 valence electrons. The molecule has 3 nitrogen and oxygen atoms in total. The summed E-state index contributed by atoms with van der Waals surface area (Å²) in [5, 5.41) is 0. The van der Waals surface area contributed by atoms with Crippen LogP contribution in [0.5, 0.6) is 0 Å². The van der Waals surface area contributed by atoms with Gasteiger partial charge in [-0.3, -0.25) is 4.90 Å². The van der Waals surface area contributed by atoms with Gasteiger partial charge < -0.3 is 10.5 Å². The third kappa shape index (κ3) is 4.23. The topological polar surface area (TPSA) is 38.5 Å². The predicted molar refractivity (Wildman–Crippen MR) is 73.2 cm³/mol. The molecule has 0 aromatic heterocycles. The van der Waals surface area contributed by atoms with Crippen molar-refractivity contribution in [1.82, 2.24) is 4.90 Å². The van der Waals surface area contributed by atoms with Gasteiger partial charge in [0.15, 0.2) is 0 Å². The first-order valence-corrected chi connectivity index (χ1v) is 7.32. The summed E-state index contributed by atoms with van der Waals surface area (Å²) < 4.78 is 5.67. The Bertz CT molecular complexity index is 191. The summed E-state index contributed by atoms with van der Waals surface area (Å²) in [6, 6.07) is 0. The number of hydrogen-bond donors (Lipinski definition) is 1. The molecule has 1 aliphatic rings. The van der Waals surface area contributed by atoms with E-state index in [2.05, 4.69) is 18.7 Å². The molecule has 0 unspecified atom stereocenters. The van der Waals surface area contributed by atoms with Crippen LogP contribution in [-0.4, -0.2) is 43.3 Å². The molecule has 0 bridgehead atoms. The first-order valence-electron chi connectivity index (χ1n) is 7.32. The van der Waals surface area contributed by atoms with E-state index in [1.54, 1.807) is 0 Å². The molecule has 2 N–H and O–H groups in total. The van der Waals surface area contributed by atoms with Gasteiger partial charge in [-0.1, -0.05) is 33.1 Å². The number of hydrogen-bond acceptors (Lipinski definition) is 3. The Hall–Kier alpha value is -0.120. The van der Waals surface area contributed by atoms with Crippen molar-refractivity contribution in [2.24, 2.45) is 5.73 Å². The van der Waals surface area contributed by atoms with Crippen molar-refractivity contribution < 1.29 is 4.74 Å². The zero-order valence-corrected chi connectivity index (χ0v) is 11.7. The Morgan fingerprint density at radius 3 is 2.41 bits per heavy atom. The van der Waals surface area contributed by atoms with Crippen LogP contribution >= 0.6 is 0 Å². The second kappa shape index (κ2) is 8.06. The molecule has 1 saturated carbocycles. The van der Waals surface area contributed by atoms with Gasteiger partial charge in [0.1, 0.15) is 0 Å². The zero-order valence-electron chi connectivity index (χ0n) is 11.7. The van der Waals surface area contributed by atoms with Gasteiger partial charge in [0.25, 0.3) is 0 Å². The average Bonchev–Trinajstić information content (AvgIpc) is 2.83. The number of unbranched alkanes of at least 4 members (excludes halogenated alkanes) is 1. The first kappa shape index (κ1) is 14.9. The lowest BCUT2D eigenvalue weighted by atomic mass is 9.95. The number of rotatable bonds is 9. The highest BCUT2D eigenvalue weighted by molar-refractivity contribution is 4.95. The van der Waals surface area contributed by atoms with E-state index in [1.807, 2.05) is 0 Å². The second-order valence-corrected chi connectivity index (χ2v) is 5.18. The normalized spacial score (nSPS) is 19.1. The highest BCUT2D eigenvalue weighted by Gasteiger charge is 2.37.